The van der Waals surface area contributed by atoms with E-state index in [2.05, 4.69) is 5.32 Å². The van der Waals surface area contributed by atoms with Crippen LogP contribution in [0.1, 0.15) is 43.7 Å². The molecule has 6 nitrogen and oxygen atoms in total. The third-order valence-electron chi connectivity index (χ3n) is 4.69. The number of carbonyl (C=O) groups excluding carboxylic acids is 2. The quantitative estimate of drug-likeness (QED) is 0.678. The van der Waals surface area contributed by atoms with Gasteiger partial charge < -0.3 is 20.2 Å². The highest BCUT2D eigenvalue weighted by atomic mass is 19.3. The fraction of sp³-hybridized carbons (Fsp3) is 0.579. The van der Waals surface area contributed by atoms with Crippen molar-refractivity contribution in [2.45, 2.75) is 38.5 Å². The van der Waals surface area contributed by atoms with Crippen molar-refractivity contribution in [2.75, 3.05) is 32.9 Å². The van der Waals surface area contributed by atoms with Crippen molar-refractivity contribution in [3.63, 3.8) is 0 Å². The van der Waals surface area contributed by atoms with Gasteiger partial charge in [0.1, 0.15) is 6.73 Å². The van der Waals surface area contributed by atoms with E-state index >= 15 is 0 Å². The Labute approximate surface area is 158 Å². The highest BCUT2D eigenvalue weighted by molar-refractivity contribution is 5.77. The molecule has 150 valence electrons. The fourth-order valence-electron chi connectivity index (χ4n) is 3.04. The first-order valence-corrected chi connectivity index (χ1v) is 9.16. The molecular weight excluding hydrogens is 356 g/mol. The van der Waals surface area contributed by atoms with Crippen molar-refractivity contribution in [1.29, 1.82) is 0 Å². The molecule has 3 amide bonds. The van der Waals surface area contributed by atoms with Gasteiger partial charge in [0.25, 0.3) is 5.92 Å². The van der Waals surface area contributed by atoms with Crippen LogP contribution in [0.5, 0.6) is 0 Å². The van der Waals surface area contributed by atoms with E-state index < -0.39 is 12.7 Å². The molecule has 1 aliphatic rings. The van der Waals surface area contributed by atoms with Crippen LogP contribution in [-0.2, 0) is 10.7 Å². The van der Waals surface area contributed by atoms with Crippen LogP contribution in [-0.4, -0.2) is 59.8 Å². The second-order valence-electron chi connectivity index (χ2n) is 6.86. The molecule has 0 radical (unpaired) electrons. The maximum absolute atomic E-state index is 13.3. The zero-order chi connectivity index (χ0) is 20.0. The lowest BCUT2D eigenvalue weighted by Gasteiger charge is -2.42. The lowest BCUT2D eigenvalue weighted by Crippen LogP contribution is -2.54. The summed E-state index contributed by atoms with van der Waals surface area (Å²) in [5.41, 5.74) is 0.885. The van der Waals surface area contributed by atoms with Gasteiger partial charge in [0.15, 0.2) is 0 Å². The molecule has 0 spiro atoms. The molecule has 0 aliphatic carbocycles. The molecule has 27 heavy (non-hydrogen) atoms. The van der Waals surface area contributed by atoms with E-state index in [1.54, 1.807) is 17.0 Å². The smallest absolute Gasteiger partial charge is 0.321 e. The van der Waals surface area contributed by atoms with Gasteiger partial charge in [0.05, 0.1) is 0 Å². The number of hydrogen-bond acceptors (Lipinski definition) is 3. The third kappa shape index (κ3) is 5.63. The summed E-state index contributed by atoms with van der Waals surface area (Å²) in [5, 5.41) is 12.1. The van der Waals surface area contributed by atoms with Crippen LogP contribution in [0.25, 0.3) is 0 Å². The summed E-state index contributed by atoms with van der Waals surface area (Å²) in [6.45, 7) is 4.11. The van der Waals surface area contributed by atoms with E-state index in [4.69, 9.17) is 0 Å². The Bertz CT molecular complexity index is 641. The number of carbonyl (C=O) groups is 2. The first-order valence-electron chi connectivity index (χ1n) is 9.16. The highest BCUT2D eigenvalue weighted by Crippen LogP contribution is 2.31. The minimum absolute atomic E-state index is 0.0305. The minimum atomic E-state index is -2.87. The van der Waals surface area contributed by atoms with Gasteiger partial charge in [-0.2, -0.15) is 0 Å². The van der Waals surface area contributed by atoms with Gasteiger partial charge >= 0.3 is 6.03 Å². The number of benzene rings is 1. The number of urea groups is 1. The molecule has 1 heterocycles. The Hall–Kier alpha value is -2.22. The lowest BCUT2D eigenvalue weighted by atomic mass is 9.90. The number of amides is 3. The summed E-state index contributed by atoms with van der Waals surface area (Å²) in [6, 6.07) is 5.91. The van der Waals surface area contributed by atoms with Crippen molar-refractivity contribution in [3.05, 3.63) is 35.4 Å². The van der Waals surface area contributed by atoms with Gasteiger partial charge in [0.2, 0.25) is 5.91 Å². The van der Waals surface area contributed by atoms with E-state index in [0.29, 0.717) is 39.0 Å². The molecule has 0 aromatic heterocycles. The second-order valence-corrected chi connectivity index (χ2v) is 6.86. The van der Waals surface area contributed by atoms with Gasteiger partial charge in [-0.05, 0) is 18.9 Å². The summed E-state index contributed by atoms with van der Waals surface area (Å²) in [4.78, 5) is 26.8. The number of alkyl halides is 2. The number of aliphatic hydroxyl groups excluding tert-OH is 1. The molecule has 1 fully saturated rings. The summed E-state index contributed by atoms with van der Waals surface area (Å²) in [6.07, 6.45) is 0.775. The van der Waals surface area contributed by atoms with Crippen molar-refractivity contribution in [3.8, 4) is 0 Å². The van der Waals surface area contributed by atoms with Crippen LogP contribution < -0.4 is 5.32 Å². The fourth-order valence-corrected chi connectivity index (χ4v) is 3.04. The number of halogens is 2. The molecular formula is C19H27F2N3O3. The normalized spacial score (nSPS) is 14.6. The maximum atomic E-state index is 13.3. The van der Waals surface area contributed by atoms with Crippen LogP contribution in [0.4, 0.5) is 13.6 Å². The number of aliphatic hydroxyl groups is 1. The SMILES string of the molecule is CCNC(=O)CCCN(CO)C(=O)N1CC(c2ccc(C(C)(F)F)cc2)C1. The van der Waals surface area contributed by atoms with Gasteiger partial charge in [0, 0.05) is 51.0 Å². The largest absolute Gasteiger partial charge is 0.376 e. The summed E-state index contributed by atoms with van der Waals surface area (Å²) >= 11 is 0. The monoisotopic (exact) mass is 383 g/mol. The van der Waals surface area contributed by atoms with E-state index in [1.807, 2.05) is 6.92 Å². The van der Waals surface area contributed by atoms with Crippen molar-refractivity contribution in [1.82, 2.24) is 15.1 Å². The Morgan fingerprint density at radius 2 is 1.93 bits per heavy atom. The maximum Gasteiger partial charge on any atom is 0.321 e. The summed E-state index contributed by atoms with van der Waals surface area (Å²) < 4.78 is 26.5. The van der Waals surface area contributed by atoms with Crippen molar-refractivity contribution < 1.29 is 23.5 Å². The molecule has 8 heteroatoms. The molecule has 2 rings (SSSR count). The first kappa shape index (κ1) is 21.1. The molecule has 0 atom stereocenters. The van der Waals surface area contributed by atoms with E-state index in [9.17, 15) is 23.5 Å². The number of likely N-dealkylation sites (tertiary alicyclic amines) is 1. The Morgan fingerprint density at radius 3 is 2.44 bits per heavy atom. The first-order chi connectivity index (χ1) is 12.8. The molecule has 0 bridgehead atoms. The van der Waals surface area contributed by atoms with E-state index in [-0.39, 0.29) is 23.4 Å². The Kier molecular flexibility index (Phi) is 7.12. The molecule has 1 aromatic rings. The van der Waals surface area contributed by atoms with Crippen LogP contribution in [0, 0.1) is 0 Å². The number of hydrogen-bond donors (Lipinski definition) is 2. The van der Waals surface area contributed by atoms with Crippen LogP contribution in [0.15, 0.2) is 24.3 Å². The molecule has 1 saturated heterocycles. The number of nitrogens with zero attached hydrogens (tertiary/aromatic N) is 2. The van der Waals surface area contributed by atoms with Gasteiger partial charge in [-0.25, -0.2) is 13.6 Å². The van der Waals surface area contributed by atoms with Crippen LogP contribution >= 0.6 is 0 Å². The van der Waals surface area contributed by atoms with Crippen LogP contribution in [0.3, 0.4) is 0 Å². The Morgan fingerprint density at radius 1 is 1.30 bits per heavy atom. The Balaban J connectivity index is 1.81. The minimum Gasteiger partial charge on any atom is -0.376 e. The average Bonchev–Trinajstić information content (AvgIpc) is 2.57. The average molecular weight is 383 g/mol. The highest BCUT2D eigenvalue weighted by Gasteiger charge is 2.34. The summed E-state index contributed by atoms with van der Waals surface area (Å²) in [7, 11) is 0. The molecule has 0 saturated carbocycles. The van der Waals surface area contributed by atoms with Crippen LogP contribution in [0.2, 0.25) is 0 Å². The predicted molar refractivity (Wildman–Crippen MR) is 97.4 cm³/mol. The molecule has 1 aromatic carbocycles. The van der Waals surface area contributed by atoms with Gasteiger partial charge in [-0.3, -0.25) is 4.79 Å². The number of rotatable bonds is 8. The topological polar surface area (TPSA) is 72.9 Å². The van der Waals surface area contributed by atoms with Gasteiger partial charge in [-0.1, -0.05) is 24.3 Å². The zero-order valence-corrected chi connectivity index (χ0v) is 15.8. The second kappa shape index (κ2) is 9.12. The molecule has 1 aliphatic heterocycles. The van der Waals surface area contributed by atoms with E-state index in [0.717, 1.165) is 12.5 Å². The predicted octanol–water partition coefficient (Wildman–Crippen LogP) is 2.49. The lowest BCUT2D eigenvalue weighted by molar-refractivity contribution is -0.121. The van der Waals surface area contributed by atoms with E-state index in [1.165, 1.54) is 17.0 Å². The molecule has 0 unspecified atom stereocenters. The third-order valence-corrected chi connectivity index (χ3v) is 4.69. The molecule has 2 N–H and O–H groups in total. The standard InChI is InChI=1S/C19H27F2N3O3/c1-3-22-17(26)5-4-10-23(13-25)18(27)24-11-15(12-24)14-6-8-16(9-7-14)19(2,20)21/h6-9,15,25H,3-5,10-13H2,1-2H3,(H,22,26). The van der Waals surface area contributed by atoms with Crippen molar-refractivity contribution in [2.24, 2.45) is 0 Å². The summed E-state index contributed by atoms with van der Waals surface area (Å²) in [5.74, 6) is -2.84. The van der Waals surface area contributed by atoms with Crippen molar-refractivity contribution >= 4 is 11.9 Å². The van der Waals surface area contributed by atoms with Gasteiger partial charge in [-0.15, -0.1) is 0 Å². The zero-order valence-electron chi connectivity index (χ0n) is 15.8. The number of nitrogens with one attached hydrogen (secondary N) is 1.